The normalized spacial score (nSPS) is 12.1. The molecule has 0 aromatic heterocycles. The largest absolute Gasteiger partial charge is 0.497 e. The summed E-state index contributed by atoms with van der Waals surface area (Å²) in [5.74, 6) is 1.13. The first kappa shape index (κ1) is 27.7. The molecule has 0 saturated heterocycles. The van der Waals surface area contributed by atoms with Crippen molar-refractivity contribution in [1.29, 1.82) is 0 Å². The van der Waals surface area contributed by atoms with Gasteiger partial charge in [-0.1, -0.05) is 24.3 Å². The van der Waals surface area contributed by atoms with Gasteiger partial charge in [0.2, 0.25) is 0 Å². The molecular formula is C29H32FNO6. The molecule has 0 aliphatic rings. The van der Waals surface area contributed by atoms with Crippen LogP contribution in [0.15, 0.2) is 60.7 Å². The molecule has 37 heavy (non-hydrogen) atoms. The summed E-state index contributed by atoms with van der Waals surface area (Å²) in [6.45, 7) is 2.58. The molecule has 0 bridgehead atoms. The number of carbonyl (C=O) groups is 1. The third-order valence-corrected chi connectivity index (χ3v) is 5.70. The lowest BCUT2D eigenvalue weighted by atomic mass is 10.0. The van der Waals surface area contributed by atoms with Gasteiger partial charge in [0.15, 0.2) is 0 Å². The summed E-state index contributed by atoms with van der Waals surface area (Å²) in [6, 6.07) is 17.1. The van der Waals surface area contributed by atoms with Crippen LogP contribution in [0, 0.1) is 12.7 Å². The molecular weight excluding hydrogens is 477 g/mol. The number of carbonyl (C=O) groups excluding carboxylic acids is 1. The van der Waals surface area contributed by atoms with E-state index in [0.29, 0.717) is 52.6 Å². The highest BCUT2D eigenvalue weighted by molar-refractivity contribution is 6.21. The monoisotopic (exact) mass is 509 g/mol. The van der Waals surface area contributed by atoms with E-state index in [2.05, 4.69) is 5.32 Å². The smallest absolute Gasteiger partial charge is 0.338 e. The highest BCUT2D eigenvalue weighted by Crippen LogP contribution is 2.25. The van der Waals surface area contributed by atoms with Gasteiger partial charge in [-0.2, -0.15) is 0 Å². The van der Waals surface area contributed by atoms with E-state index < -0.39 is 12.1 Å². The van der Waals surface area contributed by atoms with E-state index in [-0.39, 0.29) is 12.4 Å². The number of esters is 1. The predicted octanol–water partition coefficient (Wildman–Crippen LogP) is 4.39. The third kappa shape index (κ3) is 7.80. The number of ether oxygens (including phenoxy) is 4. The maximum absolute atomic E-state index is 13.6. The number of benzene rings is 3. The fraction of sp³-hybridized carbons (Fsp3) is 0.276. The van der Waals surface area contributed by atoms with Gasteiger partial charge in [-0.05, 0) is 60.0 Å². The molecule has 2 N–H and O–H groups in total. The van der Waals surface area contributed by atoms with Crippen molar-refractivity contribution < 1.29 is 33.2 Å². The van der Waals surface area contributed by atoms with Crippen LogP contribution in [-0.2, 0) is 16.1 Å². The standard InChI is InChI=1S/C29H32FNO6/c1-19-13-20(5-12-27(19)30)14-26(29(33)36-4)21-6-9-24(10-7-21)37-18-23(32)17-31-16-22-8-11-25(34-2)15-28(22)35-3/h5-15,23,31-32H,16-18H2,1-4H3. The minimum absolute atomic E-state index is 0.0840. The number of halogens is 1. The Kier molecular flexibility index (Phi) is 10.1. The van der Waals surface area contributed by atoms with E-state index in [1.165, 1.54) is 13.2 Å². The summed E-state index contributed by atoms with van der Waals surface area (Å²) in [4.78, 5) is 12.4. The maximum Gasteiger partial charge on any atom is 0.338 e. The molecule has 0 fully saturated rings. The summed E-state index contributed by atoms with van der Waals surface area (Å²) >= 11 is 0. The van der Waals surface area contributed by atoms with Crippen molar-refractivity contribution in [3.63, 3.8) is 0 Å². The highest BCUT2D eigenvalue weighted by Gasteiger charge is 2.14. The van der Waals surface area contributed by atoms with Crippen LogP contribution in [0.1, 0.15) is 22.3 Å². The number of aryl methyl sites for hydroxylation is 1. The van der Waals surface area contributed by atoms with E-state index in [9.17, 15) is 14.3 Å². The van der Waals surface area contributed by atoms with Gasteiger partial charge in [0.1, 0.15) is 35.8 Å². The van der Waals surface area contributed by atoms with Gasteiger partial charge < -0.3 is 29.4 Å². The van der Waals surface area contributed by atoms with Crippen molar-refractivity contribution in [3.8, 4) is 17.2 Å². The second-order valence-electron chi connectivity index (χ2n) is 8.36. The van der Waals surface area contributed by atoms with Gasteiger partial charge in [-0.3, -0.25) is 0 Å². The molecule has 7 nitrogen and oxygen atoms in total. The van der Waals surface area contributed by atoms with Crippen molar-refractivity contribution in [1.82, 2.24) is 5.32 Å². The molecule has 0 aliphatic carbocycles. The molecule has 0 amide bonds. The number of hydrogen-bond acceptors (Lipinski definition) is 7. The van der Waals surface area contributed by atoms with Gasteiger partial charge in [-0.15, -0.1) is 0 Å². The lowest BCUT2D eigenvalue weighted by molar-refractivity contribution is -0.133. The van der Waals surface area contributed by atoms with Crippen LogP contribution in [0.25, 0.3) is 11.6 Å². The van der Waals surface area contributed by atoms with Crippen molar-refractivity contribution in [2.75, 3.05) is 34.5 Å². The van der Waals surface area contributed by atoms with Gasteiger partial charge in [0.05, 0.1) is 26.9 Å². The second kappa shape index (κ2) is 13.4. The summed E-state index contributed by atoms with van der Waals surface area (Å²) in [7, 11) is 4.50. The molecule has 0 radical (unpaired) electrons. The number of nitrogens with one attached hydrogen (secondary N) is 1. The Hall–Kier alpha value is -3.88. The van der Waals surface area contributed by atoms with E-state index in [0.717, 1.165) is 5.56 Å². The van der Waals surface area contributed by atoms with E-state index >= 15 is 0 Å². The van der Waals surface area contributed by atoms with E-state index in [4.69, 9.17) is 18.9 Å². The second-order valence-corrected chi connectivity index (χ2v) is 8.36. The highest BCUT2D eigenvalue weighted by atomic mass is 19.1. The lowest BCUT2D eigenvalue weighted by Crippen LogP contribution is -2.31. The average molecular weight is 510 g/mol. The molecule has 0 spiro atoms. The van der Waals surface area contributed by atoms with E-state index in [1.54, 1.807) is 63.6 Å². The van der Waals surface area contributed by atoms with Crippen molar-refractivity contribution in [2.24, 2.45) is 0 Å². The zero-order chi connectivity index (χ0) is 26.8. The number of aliphatic hydroxyl groups is 1. The SMILES string of the molecule is COC(=O)C(=Cc1ccc(F)c(C)c1)c1ccc(OCC(O)CNCc2ccc(OC)cc2OC)cc1. The summed E-state index contributed by atoms with van der Waals surface area (Å²) in [5, 5.41) is 13.5. The maximum atomic E-state index is 13.6. The lowest BCUT2D eigenvalue weighted by Gasteiger charge is -2.15. The van der Waals surface area contributed by atoms with Crippen LogP contribution in [0.4, 0.5) is 4.39 Å². The Morgan fingerprint density at radius 3 is 2.38 bits per heavy atom. The van der Waals surface area contributed by atoms with Crippen LogP contribution in [-0.4, -0.2) is 51.7 Å². The first-order valence-electron chi connectivity index (χ1n) is 11.7. The van der Waals surface area contributed by atoms with Crippen LogP contribution in [0.2, 0.25) is 0 Å². The first-order chi connectivity index (χ1) is 17.8. The molecule has 8 heteroatoms. The third-order valence-electron chi connectivity index (χ3n) is 5.70. The van der Waals surface area contributed by atoms with Gasteiger partial charge in [0.25, 0.3) is 0 Å². The molecule has 3 rings (SSSR count). The minimum atomic E-state index is -0.740. The molecule has 0 saturated carbocycles. The van der Waals surface area contributed by atoms with Crippen LogP contribution < -0.4 is 19.5 Å². The van der Waals surface area contributed by atoms with Crippen LogP contribution in [0.5, 0.6) is 17.2 Å². The van der Waals surface area contributed by atoms with Crippen molar-refractivity contribution in [3.05, 3.63) is 88.7 Å². The zero-order valence-electron chi connectivity index (χ0n) is 21.4. The molecule has 3 aromatic rings. The van der Waals surface area contributed by atoms with E-state index in [1.807, 2.05) is 18.2 Å². The van der Waals surface area contributed by atoms with Crippen LogP contribution in [0.3, 0.4) is 0 Å². The topological polar surface area (TPSA) is 86.3 Å². The summed E-state index contributed by atoms with van der Waals surface area (Å²) in [5.41, 5.74) is 3.06. The van der Waals surface area contributed by atoms with Gasteiger partial charge in [0, 0.05) is 24.7 Å². The van der Waals surface area contributed by atoms with Crippen molar-refractivity contribution in [2.45, 2.75) is 19.6 Å². The Bertz CT molecular complexity index is 1230. The van der Waals surface area contributed by atoms with Crippen molar-refractivity contribution >= 4 is 17.6 Å². The molecule has 196 valence electrons. The van der Waals surface area contributed by atoms with Gasteiger partial charge in [-0.25, -0.2) is 9.18 Å². The van der Waals surface area contributed by atoms with Gasteiger partial charge >= 0.3 is 5.97 Å². The average Bonchev–Trinajstić information content (AvgIpc) is 2.92. The Morgan fingerprint density at radius 1 is 1.00 bits per heavy atom. The fourth-order valence-electron chi connectivity index (χ4n) is 3.65. The number of hydrogen-bond donors (Lipinski definition) is 2. The number of methoxy groups -OCH3 is 3. The number of aliphatic hydroxyl groups excluding tert-OH is 1. The zero-order valence-corrected chi connectivity index (χ0v) is 21.4. The predicted molar refractivity (Wildman–Crippen MR) is 140 cm³/mol. The molecule has 0 heterocycles. The minimum Gasteiger partial charge on any atom is -0.497 e. The Morgan fingerprint density at radius 2 is 1.73 bits per heavy atom. The molecule has 0 aliphatic heterocycles. The Labute approximate surface area is 216 Å². The molecule has 1 atom stereocenters. The number of rotatable bonds is 12. The summed E-state index contributed by atoms with van der Waals surface area (Å²) in [6.07, 6.45) is 0.914. The fourth-order valence-corrected chi connectivity index (χ4v) is 3.65. The molecule has 1 unspecified atom stereocenters. The molecule has 3 aromatic carbocycles. The van der Waals surface area contributed by atoms with Crippen LogP contribution >= 0.6 is 0 Å². The summed E-state index contributed by atoms with van der Waals surface area (Å²) < 4.78 is 34.8. The quantitative estimate of drug-likeness (QED) is 0.213. The Balaban J connectivity index is 1.56. The first-order valence-corrected chi connectivity index (χ1v) is 11.7.